The Morgan fingerprint density at radius 1 is 1.35 bits per heavy atom. The van der Waals surface area contributed by atoms with E-state index in [9.17, 15) is 22.8 Å². The van der Waals surface area contributed by atoms with E-state index in [1.807, 2.05) is 4.98 Å². The van der Waals surface area contributed by atoms with Gasteiger partial charge in [0.25, 0.3) is 11.5 Å². The van der Waals surface area contributed by atoms with E-state index in [0.717, 1.165) is 16.9 Å². The van der Waals surface area contributed by atoms with Crippen molar-refractivity contribution >= 4 is 11.5 Å². The van der Waals surface area contributed by atoms with Crippen LogP contribution in [0.5, 0.6) is 0 Å². The Kier molecular flexibility index (Phi) is 3.43. The highest BCUT2D eigenvalue weighted by molar-refractivity contribution is 5.66. The molecule has 3 aromatic heterocycles. The minimum Gasteiger partial charge on any atom is -0.350 e. The van der Waals surface area contributed by atoms with Crippen LogP contribution in [0.1, 0.15) is 6.92 Å². The van der Waals surface area contributed by atoms with E-state index in [1.54, 1.807) is 0 Å². The summed E-state index contributed by atoms with van der Waals surface area (Å²) in [4.78, 5) is 33.0. The average molecular weight is 366 g/mol. The molecule has 1 fully saturated rings. The fourth-order valence-corrected chi connectivity index (χ4v) is 3.00. The van der Waals surface area contributed by atoms with Crippen LogP contribution in [0, 0.1) is 11.7 Å². The van der Waals surface area contributed by atoms with Gasteiger partial charge in [-0.25, -0.2) is 22.9 Å². The number of aromatic amines is 2. The Labute approximate surface area is 143 Å². The van der Waals surface area contributed by atoms with Crippen LogP contribution < -0.4 is 16.1 Å². The summed E-state index contributed by atoms with van der Waals surface area (Å²) >= 11 is 0. The summed E-state index contributed by atoms with van der Waals surface area (Å²) in [6.07, 6.45) is 2.06. The molecule has 0 amide bonds. The molecule has 0 aromatic carbocycles. The van der Waals surface area contributed by atoms with E-state index in [1.165, 1.54) is 17.9 Å². The third-order valence-electron chi connectivity index (χ3n) is 4.45. The Bertz CT molecular complexity index is 1120. The molecule has 0 aliphatic carbocycles. The molecule has 0 bridgehead atoms. The molecule has 3 aromatic rings. The molecule has 0 saturated carbocycles. The van der Waals surface area contributed by atoms with Gasteiger partial charge in [-0.3, -0.25) is 9.78 Å². The van der Waals surface area contributed by atoms with Gasteiger partial charge < -0.3 is 9.88 Å². The number of aromatic nitrogens is 5. The van der Waals surface area contributed by atoms with Crippen LogP contribution in [0.2, 0.25) is 0 Å². The summed E-state index contributed by atoms with van der Waals surface area (Å²) in [7, 11) is 0. The molecule has 2 N–H and O–H groups in total. The minimum absolute atomic E-state index is 0.0204. The summed E-state index contributed by atoms with van der Waals surface area (Å²) in [6.45, 7) is 0.904. The number of hydrogen-bond donors (Lipinski definition) is 2. The van der Waals surface area contributed by atoms with Crippen molar-refractivity contribution in [3.63, 3.8) is 0 Å². The number of alkyl halides is 2. The van der Waals surface area contributed by atoms with Crippen LogP contribution in [0.3, 0.4) is 0 Å². The summed E-state index contributed by atoms with van der Waals surface area (Å²) in [6, 6.07) is 1.37. The van der Waals surface area contributed by atoms with Crippen molar-refractivity contribution in [3.05, 3.63) is 45.1 Å². The van der Waals surface area contributed by atoms with E-state index in [0.29, 0.717) is 0 Å². The molecule has 4 heterocycles. The monoisotopic (exact) mass is 366 g/mol. The van der Waals surface area contributed by atoms with E-state index < -0.39 is 35.5 Å². The highest BCUT2D eigenvalue weighted by Gasteiger charge is 2.46. The van der Waals surface area contributed by atoms with Gasteiger partial charge in [-0.2, -0.15) is 9.61 Å². The SMILES string of the molecule is CC1CN(c2cc(-c3c[nH]c(=O)[nH]c3=O)nc3c(F)cnn23)CC1(F)F. The molecule has 136 valence electrons. The maximum atomic E-state index is 14.0. The molecule has 1 saturated heterocycles. The highest BCUT2D eigenvalue weighted by atomic mass is 19.3. The second-order valence-corrected chi connectivity index (χ2v) is 6.26. The lowest BCUT2D eigenvalue weighted by Gasteiger charge is -2.19. The van der Waals surface area contributed by atoms with Crippen LogP contribution >= 0.6 is 0 Å². The maximum Gasteiger partial charge on any atom is 0.325 e. The van der Waals surface area contributed by atoms with Crippen molar-refractivity contribution in [2.45, 2.75) is 12.8 Å². The van der Waals surface area contributed by atoms with E-state index in [-0.39, 0.29) is 29.3 Å². The van der Waals surface area contributed by atoms with E-state index in [2.05, 4.69) is 15.1 Å². The van der Waals surface area contributed by atoms with Gasteiger partial charge in [0.15, 0.2) is 11.5 Å². The standard InChI is InChI=1S/C15H13F3N6O2/c1-7-5-23(6-15(7,17)18)11-2-10(8-3-19-14(26)22-13(8)25)21-12-9(16)4-20-24(11)12/h2-4,7H,5-6H2,1H3,(H2,19,22,25,26). The lowest BCUT2D eigenvalue weighted by Crippen LogP contribution is -2.28. The van der Waals surface area contributed by atoms with Gasteiger partial charge in [0.05, 0.1) is 24.0 Å². The molecule has 1 aliphatic rings. The second-order valence-electron chi connectivity index (χ2n) is 6.26. The van der Waals surface area contributed by atoms with Gasteiger partial charge in [0, 0.05) is 24.7 Å². The number of anilines is 1. The summed E-state index contributed by atoms with van der Waals surface area (Å²) in [5, 5.41) is 3.86. The Hall–Kier alpha value is -3.11. The van der Waals surface area contributed by atoms with Crippen molar-refractivity contribution < 1.29 is 13.2 Å². The molecular formula is C15H13F3N6O2. The third kappa shape index (κ3) is 2.47. The quantitative estimate of drug-likeness (QED) is 0.705. The first kappa shape index (κ1) is 16.4. The van der Waals surface area contributed by atoms with Crippen molar-refractivity contribution in [3.8, 4) is 11.3 Å². The average Bonchev–Trinajstić information content (AvgIpc) is 3.07. The number of nitrogens with one attached hydrogen (secondary N) is 2. The smallest absolute Gasteiger partial charge is 0.325 e. The van der Waals surface area contributed by atoms with Crippen LogP contribution in [0.4, 0.5) is 19.0 Å². The zero-order valence-corrected chi connectivity index (χ0v) is 13.5. The zero-order chi connectivity index (χ0) is 18.6. The number of hydrogen-bond acceptors (Lipinski definition) is 5. The van der Waals surface area contributed by atoms with Gasteiger partial charge >= 0.3 is 5.69 Å². The number of halogens is 3. The van der Waals surface area contributed by atoms with Crippen molar-refractivity contribution in [1.82, 2.24) is 24.6 Å². The predicted molar refractivity (Wildman–Crippen MR) is 85.9 cm³/mol. The van der Waals surface area contributed by atoms with Gasteiger partial charge in [-0.05, 0) is 0 Å². The molecular weight excluding hydrogens is 353 g/mol. The molecule has 1 unspecified atom stereocenters. The lowest BCUT2D eigenvalue weighted by molar-refractivity contribution is -0.0138. The number of rotatable bonds is 2. The fourth-order valence-electron chi connectivity index (χ4n) is 3.00. The fraction of sp³-hybridized carbons (Fsp3) is 0.333. The Balaban J connectivity index is 1.93. The Morgan fingerprint density at radius 2 is 2.12 bits per heavy atom. The second kappa shape index (κ2) is 5.44. The molecule has 11 heteroatoms. The number of nitrogens with zero attached hydrogens (tertiary/aromatic N) is 4. The molecule has 1 aliphatic heterocycles. The maximum absolute atomic E-state index is 14.0. The van der Waals surface area contributed by atoms with Crippen LogP contribution in [-0.2, 0) is 0 Å². The first-order chi connectivity index (χ1) is 12.3. The van der Waals surface area contributed by atoms with Crippen LogP contribution in [-0.4, -0.2) is 43.6 Å². The first-order valence-corrected chi connectivity index (χ1v) is 7.76. The van der Waals surface area contributed by atoms with Crippen LogP contribution in [0.25, 0.3) is 16.9 Å². The van der Waals surface area contributed by atoms with Gasteiger partial charge in [-0.1, -0.05) is 6.92 Å². The van der Waals surface area contributed by atoms with Gasteiger partial charge in [0.2, 0.25) is 0 Å². The topological polar surface area (TPSA) is 99.2 Å². The molecule has 8 nitrogen and oxygen atoms in total. The lowest BCUT2D eigenvalue weighted by atomic mass is 10.1. The van der Waals surface area contributed by atoms with E-state index in [4.69, 9.17) is 0 Å². The molecule has 0 spiro atoms. The molecule has 0 radical (unpaired) electrons. The van der Waals surface area contributed by atoms with Crippen molar-refractivity contribution in [2.24, 2.45) is 5.92 Å². The number of H-pyrrole nitrogens is 2. The number of fused-ring (bicyclic) bond motifs is 1. The highest BCUT2D eigenvalue weighted by Crippen LogP contribution is 2.36. The van der Waals surface area contributed by atoms with Crippen molar-refractivity contribution in [2.75, 3.05) is 18.0 Å². The Morgan fingerprint density at radius 3 is 2.77 bits per heavy atom. The van der Waals surface area contributed by atoms with Gasteiger partial charge in [0.1, 0.15) is 5.82 Å². The third-order valence-corrected chi connectivity index (χ3v) is 4.45. The molecule has 1 atom stereocenters. The zero-order valence-electron chi connectivity index (χ0n) is 13.5. The van der Waals surface area contributed by atoms with E-state index >= 15 is 0 Å². The first-order valence-electron chi connectivity index (χ1n) is 7.76. The van der Waals surface area contributed by atoms with Crippen molar-refractivity contribution in [1.29, 1.82) is 0 Å². The molecule has 4 rings (SSSR count). The summed E-state index contributed by atoms with van der Waals surface area (Å²) < 4.78 is 43.1. The van der Waals surface area contributed by atoms with Crippen LogP contribution in [0.15, 0.2) is 28.0 Å². The van der Waals surface area contributed by atoms with Gasteiger partial charge in [-0.15, -0.1) is 0 Å². The minimum atomic E-state index is -2.91. The molecule has 26 heavy (non-hydrogen) atoms. The summed E-state index contributed by atoms with van der Waals surface area (Å²) in [5.41, 5.74) is -1.62. The predicted octanol–water partition coefficient (Wildman–Crippen LogP) is 1.00. The summed E-state index contributed by atoms with van der Waals surface area (Å²) in [5.74, 6) is -4.38. The largest absolute Gasteiger partial charge is 0.350 e. The normalized spacial score (nSPS) is 19.4.